The third-order valence-electron chi connectivity index (χ3n) is 4.41. The number of hydrogen-bond donors (Lipinski definition) is 1. The number of benzene rings is 2. The van der Waals surface area contributed by atoms with E-state index in [1.807, 2.05) is 0 Å². The highest BCUT2D eigenvalue weighted by molar-refractivity contribution is 5.62. The van der Waals surface area contributed by atoms with Crippen LogP contribution < -0.4 is 10.2 Å². The fourth-order valence-corrected chi connectivity index (χ4v) is 3.24. The molecule has 2 nitrogen and oxygen atoms in total. The van der Waals surface area contributed by atoms with Crippen molar-refractivity contribution < 1.29 is 0 Å². The SMILES string of the molecule is Cc1ccc(NC2CCc3ccccc3C2)cc1N(C)C. The average molecular weight is 280 g/mol. The Balaban J connectivity index is 1.75. The van der Waals surface area contributed by atoms with Crippen molar-refractivity contribution >= 4 is 11.4 Å². The second-order valence-electron chi connectivity index (χ2n) is 6.25. The van der Waals surface area contributed by atoms with Gasteiger partial charge >= 0.3 is 0 Å². The normalized spacial score (nSPS) is 17.2. The summed E-state index contributed by atoms with van der Waals surface area (Å²) in [7, 11) is 4.20. The molecule has 0 saturated heterocycles. The first-order valence-electron chi connectivity index (χ1n) is 7.75. The van der Waals surface area contributed by atoms with Crippen LogP contribution in [0.1, 0.15) is 23.1 Å². The van der Waals surface area contributed by atoms with E-state index in [-0.39, 0.29) is 0 Å². The van der Waals surface area contributed by atoms with Gasteiger partial charge in [0.1, 0.15) is 0 Å². The monoisotopic (exact) mass is 280 g/mol. The predicted octanol–water partition coefficient (Wildman–Crippen LogP) is 4.03. The Hall–Kier alpha value is -1.96. The molecule has 1 aliphatic carbocycles. The number of anilines is 2. The van der Waals surface area contributed by atoms with Crippen LogP contribution in [0, 0.1) is 6.92 Å². The summed E-state index contributed by atoms with van der Waals surface area (Å²) < 4.78 is 0. The molecule has 1 unspecified atom stereocenters. The average Bonchev–Trinajstić information content (AvgIpc) is 2.49. The van der Waals surface area contributed by atoms with E-state index < -0.39 is 0 Å². The lowest BCUT2D eigenvalue weighted by Gasteiger charge is -2.27. The maximum absolute atomic E-state index is 3.72. The molecule has 0 radical (unpaired) electrons. The Morgan fingerprint density at radius 3 is 2.57 bits per heavy atom. The summed E-state index contributed by atoms with van der Waals surface area (Å²) in [6.45, 7) is 2.16. The minimum Gasteiger partial charge on any atom is -0.382 e. The molecule has 0 fully saturated rings. The lowest BCUT2D eigenvalue weighted by atomic mass is 9.88. The second-order valence-corrected chi connectivity index (χ2v) is 6.25. The van der Waals surface area contributed by atoms with E-state index in [2.05, 4.69) is 73.7 Å². The Labute approximate surface area is 127 Å². The fraction of sp³-hybridized carbons (Fsp3) is 0.368. The fourth-order valence-electron chi connectivity index (χ4n) is 3.24. The molecule has 1 atom stereocenters. The number of nitrogens with zero attached hydrogens (tertiary/aromatic N) is 1. The molecule has 110 valence electrons. The molecular weight excluding hydrogens is 256 g/mol. The van der Waals surface area contributed by atoms with Crippen LogP contribution in [0.15, 0.2) is 42.5 Å². The van der Waals surface area contributed by atoms with Gasteiger partial charge in [-0.15, -0.1) is 0 Å². The topological polar surface area (TPSA) is 15.3 Å². The van der Waals surface area contributed by atoms with Crippen LogP contribution >= 0.6 is 0 Å². The number of fused-ring (bicyclic) bond motifs is 1. The first-order valence-corrected chi connectivity index (χ1v) is 7.75. The highest BCUT2D eigenvalue weighted by atomic mass is 15.1. The Morgan fingerprint density at radius 2 is 1.81 bits per heavy atom. The first-order chi connectivity index (χ1) is 10.1. The van der Waals surface area contributed by atoms with E-state index >= 15 is 0 Å². The van der Waals surface area contributed by atoms with Crippen molar-refractivity contribution in [2.75, 3.05) is 24.3 Å². The number of hydrogen-bond acceptors (Lipinski definition) is 2. The molecule has 2 aromatic carbocycles. The van der Waals surface area contributed by atoms with Crippen molar-refractivity contribution in [3.05, 3.63) is 59.2 Å². The van der Waals surface area contributed by atoms with Crippen LogP contribution in [0.3, 0.4) is 0 Å². The summed E-state index contributed by atoms with van der Waals surface area (Å²) in [5.74, 6) is 0. The molecule has 2 aromatic rings. The Morgan fingerprint density at radius 1 is 1.05 bits per heavy atom. The maximum atomic E-state index is 3.72. The number of aryl methyl sites for hydroxylation is 2. The zero-order chi connectivity index (χ0) is 14.8. The lowest BCUT2D eigenvalue weighted by molar-refractivity contribution is 0.611. The highest BCUT2D eigenvalue weighted by Gasteiger charge is 2.18. The van der Waals surface area contributed by atoms with Gasteiger partial charge in [-0.3, -0.25) is 0 Å². The summed E-state index contributed by atoms with van der Waals surface area (Å²) in [6.07, 6.45) is 3.52. The molecule has 0 bridgehead atoms. The third kappa shape index (κ3) is 3.05. The van der Waals surface area contributed by atoms with Crippen LogP contribution in [0.25, 0.3) is 0 Å². The minimum absolute atomic E-state index is 0.539. The van der Waals surface area contributed by atoms with Crippen molar-refractivity contribution in [1.29, 1.82) is 0 Å². The summed E-state index contributed by atoms with van der Waals surface area (Å²) in [4.78, 5) is 2.18. The molecule has 0 aromatic heterocycles. The summed E-state index contributed by atoms with van der Waals surface area (Å²) in [5.41, 5.74) is 6.86. The summed E-state index contributed by atoms with van der Waals surface area (Å²) >= 11 is 0. The molecular formula is C19H24N2. The van der Waals surface area contributed by atoms with E-state index in [1.54, 1.807) is 0 Å². The van der Waals surface area contributed by atoms with Gasteiger partial charge in [0.25, 0.3) is 0 Å². The van der Waals surface area contributed by atoms with Gasteiger partial charge in [0.15, 0.2) is 0 Å². The van der Waals surface area contributed by atoms with Crippen LogP contribution in [-0.4, -0.2) is 20.1 Å². The molecule has 21 heavy (non-hydrogen) atoms. The van der Waals surface area contributed by atoms with Crippen LogP contribution in [0.4, 0.5) is 11.4 Å². The molecule has 0 amide bonds. The molecule has 2 heteroatoms. The zero-order valence-electron chi connectivity index (χ0n) is 13.2. The second kappa shape index (κ2) is 5.80. The largest absolute Gasteiger partial charge is 0.382 e. The van der Waals surface area contributed by atoms with E-state index in [1.165, 1.54) is 40.9 Å². The van der Waals surface area contributed by atoms with E-state index in [4.69, 9.17) is 0 Å². The molecule has 0 aliphatic heterocycles. The molecule has 3 rings (SSSR count). The van der Waals surface area contributed by atoms with Gasteiger partial charge in [-0.05, 0) is 55.0 Å². The maximum Gasteiger partial charge on any atom is 0.0411 e. The van der Waals surface area contributed by atoms with E-state index in [0.29, 0.717) is 6.04 Å². The van der Waals surface area contributed by atoms with Gasteiger partial charge < -0.3 is 10.2 Å². The van der Waals surface area contributed by atoms with Gasteiger partial charge in [0.2, 0.25) is 0 Å². The van der Waals surface area contributed by atoms with Crippen molar-refractivity contribution in [3.8, 4) is 0 Å². The number of rotatable bonds is 3. The van der Waals surface area contributed by atoms with Gasteiger partial charge in [-0.1, -0.05) is 30.3 Å². The van der Waals surface area contributed by atoms with Gasteiger partial charge in [0, 0.05) is 31.5 Å². The van der Waals surface area contributed by atoms with Crippen molar-refractivity contribution in [1.82, 2.24) is 0 Å². The summed E-state index contributed by atoms with van der Waals surface area (Å²) in [5, 5.41) is 3.72. The van der Waals surface area contributed by atoms with E-state index in [9.17, 15) is 0 Å². The van der Waals surface area contributed by atoms with Gasteiger partial charge in [-0.2, -0.15) is 0 Å². The Bertz CT molecular complexity index is 631. The quantitative estimate of drug-likeness (QED) is 0.913. The van der Waals surface area contributed by atoms with Gasteiger partial charge in [-0.25, -0.2) is 0 Å². The summed E-state index contributed by atoms with van der Waals surface area (Å²) in [6, 6.07) is 16.0. The van der Waals surface area contributed by atoms with Crippen LogP contribution in [-0.2, 0) is 12.8 Å². The van der Waals surface area contributed by atoms with Crippen molar-refractivity contribution in [2.24, 2.45) is 0 Å². The smallest absolute Gasteiger partial charge is 0.0411 e. The minimum atomic E-state index is 0.539. The van der Waals surface area contributed by atoms with Gasteiger partial charge in [0.05, 0.1) is 0 Å². The number of nitrogens with one attached hydrogen (secondary N) is 1. The first kappa shape index (κ1) is 14.0. The zero-order valence-corrected chi connectivity index (χ0v) is 13.2. The standard InChI is InChI=1S/C19H24N2/c1-14-8-10-18(13-19(14)21(2)3)20-17-11-9-15-6-4-5-7-16(15)12-17/h4-8,10,13,17,20H,9,11-12H2,1-3H3. The third-order valence-corrected chi connectivity index (χ3v) is 4.41. The van der Waals surface area contributed by atoms with Crippen LogP contribution in [0.5, 0.6) is 0 Å². The molecule has 0 saturated carbocycles. The highest BCUT2D eigenvalue weighted by Crippen LogP contribution is 2.26. The van der Waals surface area contributed by atoms with Crippen molar-refractivity contribution in [3.63, 3.8) is 0 Å². The van der Waals surface area contributed by atoms with Crippen molar-refractivity contribution in [2.45, 2.75) is 32.2 Å². The molecule has 1 aliphatic rings. The predicted molar refractivity (Wildman–Crippen MR) is 91.4 cm³/mol. The van der Waals surface area contributed by atoms with Crippen LogP contribution in [0.2, 0.25) is 0 Å². The molecule has 1 N–H and O–H groups in total. The van der Waals surface area contributed by atoms with E-state index in [0.717, 1.165) is 6.42 Å². The Kier molecular flexibility index (Phi) is 3.87. The molecule has 0 spiro atoms. The molecule has 0 heterocycles. The lowest BCUT2D eigenvalue weighted by Crippen LogP contribution is -2.27.